The lowest BCUT2D eigenvalue weighted by molar-refractivity contribution is -0.383. The van der Waals surface area contributed by atoms with Gasteiger partial charge in [0.05, 0.1) is 30.7 Å². The van der Waals surface area contributed by atoms with E-state index in [2.05, 4.69) is 5.32 Å². The molecule has 1 saturated heterocycles. The summed E-state index contributed by atoms with van der Waals surface area (Å²) in [6.45, 7) is 0.0964. The van der Waals surface area contributed by atoms with Gasteiger partial charge in [0, 0.05) is 30.1 Å². The van der Waals surface area contributed by atoms with E-state index in [4.69, 9.17) is 21.1 Å². The predicted octanol–water partition coefficient (Wildman–Crippen LogP) is 3.26. The number of nitrogens with one attached hydrogen (secondary N) is 1. The summed E-state index contributed by atoms with van der Waals surface area (Å²) in [5, 5.41) is 14.2. The molecule has 0 unspecified atom stereocenters. The van der Waals surface area contributed by atoms with Crippen molar-refractivity contribution >= 4 is 40.5 Å². The summed E-state index contributed by atoms with van der Waals surface area (Å²) in [4.78, 5) is 37.3. The topological polar surface area (TPSA) is 111 Å². The third-order valence-electron chi connectivity index (χ3n) is 4.59. The summed E-state index contributed by atoms with van der Waals surface area (Å²) in [7, 11) is 2.89. The number of nitro groups is 1. The van der Waals surface area contributed by atoms with Gasteiger partial charge in [0.15, 0.2) is 0 Å². The number of ether oxygens (including phenoxy) is 2. The fraction of sp³-hybridized carbons (Fsp3) is 0.263. The van der Waals surface area contributed by atoms with Gasteiger partial charge in [0.25, 0.3) is 5.69 Å². The average Bonchev–Trinajstić information content (AvgIpc) is 3.09. The van der Waals surface area contributed by atoms with E-state index in [0.29, 0.717) is 22.2 Å². The number of benzene rings is 2. The number of amides is 2. The molecule has 2 amide bonds. The van der Waals surface area contributed by atoms with Crippen LogP contribution >= 0.6 is 11.6 Å². The minimum Gasteiger partial charge on any atom is -0.497 e. The Hall–Kier alpha value is -3.33. The Balaban J connectivity index is 1.82. The van der Waals surface area contributed by atoms with E-state index in [1.165, 1.54) is 37.3 Å². The molecule has 1 N–H and O–H groups in total. The lowest BCUT2D eigenvalue weighted by atomic mass is 10.1. The van der Waals surface area contributed by atoms with Crippen LogP contribution in [-0.2, 0) is 9.59 Å². The van der Waals surface area contributed by atoms with Crippen molar-refractivity contribution in [2.24, 2.45) is 5.92 Å². The first-order chi connectivity index (χ1) is 13.8. The van der Waals surface area contributed by atoms with Crippen LogP contribution in [0.4, 0.5) is 17.1 Å². The highest BCUT2D eigenvalue weighted by molar-refractivity contribution is 6.31. The second-order valence-corrected chi connectivity index (χ2v) is 6.79. The summed E-state index contributed by atoms with van der Waals surface area (Å²) < 4.78 is 10.3. The minimum absolute atomic E-state index is 0.00517. The average molecular weight is 420 g/mol. The van der Waals surface area contributed by atoms with E-state index < -0.39 is 16.7 Å². The van der Waals surface area contributed by atoms with E-state index in [1.807, 2.05) is 0 Å². The van der Waals surface area contributed by atoms with E-state index in [0.717, 1.165) is 0 Å². The number of carbonyl (C=O) groups excluding carboxylic acids is 2. The molecule has 2 aromatic rings. The maximum absolute atomic E-state index is 12.7. The summed E-state index contributed by atoms with van der Waals surface area (Å²) in [6.07, 6.45) is -0.0424. The molecule has 1 aliphatic rings. The number of rotatable bonds is 6. The molecule has 0 spiro atoms. The van der Waals surface area contributed by atoms with Gasteiger partial charge in [-0.1, -0.05) is 11.6 Å². The van der Waals surface area contributed by atoms with Gasteiger partial charge in [0.1, 0.15) is 17.2 Å². The van der Waals surface area contributed by atoms with E-state index in [-0.39, 0.29) is 30.2 Å². The van der Waals surface area contributed by atoms with Crippen molar-refractivity contribution in [2.45, 2.75) is 6.42 Å². The highest BCUT2D eigenvalue weighted by Crippen LogP contribution is 2.36. The molecule has 0 aliphatic carbocycles. The van der Waals surface area contributed by atoms with Crippen LogP contribution in [0, 0.1) is 16.0 Å². The molecule has 0 aromatic heterocycles. The fourth-order valence-electron chi connectivity index (χ4n) is 3.13. The molecule has 152 valence electrons. The van der Waals surface area contributed by atoms with Gasteiger partial charge in [-0.25, -0.2) is 0 Å². The molecular weight excluding hydrogens is 402 g/mol. The molecule has 0 radical (unpaired) electrons. The molecule has 10 heteroatoms. The number of hydrogen-bond donors (Lipinski definition) is 1. The standard InChI is InChI=1S/C19H18ClN3O6/c1-28-13-4-5-15(23(26)27)14(9-13)21-19(25)11-7-18(24)22(10-11)16-8-12(20)3-6-17(16)29-2/h3-6,8-9,11H,7,10H2,1-2H3,(H,21,25)/t11-/m0/s1. The second-order valence-electron chi connectivity index (χ2n) is 6.35. The number of nitrogens with zero attached hydrogens (tertiary/aromatic N) is 2. The van der Waals surface area contributed by atoms with Gasteiger partial charge in [-0.05, 0) is 24.3 Å². The Labute approximate surface area is 171 Å². The van der Waals surface area contributed by atoms with Crippen LogP contribution in [0.2, 0.25) is 5.02 Å². The maximum atomic E-state index is 12.7. The quantitative estimate of drug-likeness (QED) is 0.568. The third-order valence-corrected chi connectivity index (χ3v) is 4.82. The summed E-state index contributed by atoms with van der Waals surface area (Å²) in [5.41, 5.74) is 0.204. The van der Waals surface area contributed by atoms with Crippen LogP contribution in [0.15, 0.2) is 36.4 Å². The van der Waals surface area contributed by atoms with Gasteiger partial charge in [0.2, 0.25) is 11.8 Å². The number of anilines is 2. The molecule has 29 heavy (non-hydrogen) atoms. The molecule has 0 bridgehead atoms. The Kier molecular flexibility index (Phi) is 5.88. The zero-order chi connectivity index (χ0) is 21.1. The highest BCUT2D eigenvalue weighted by atomic mass is 35.5. The Morgan fingerprint density at radius 1 is 1.24 bits per heavy atom. The number of nitro benzene ring substituents is 1. The van der Waals surface area contributed by atoms with Crippen LogP contribution in [0.1, 0.15) is 6.42 Å². The number of methoxy groups -OCH3 is 2. The summed E-state index contributed by atoms with van der Waals surface area (Å²) in [5.74, 6) is -0.660. The molecular formula is C19H18ClN3O6. The van der Waals surface area contributed by atoms with Crippen LogP contribution in [-0.4, -0.2) is 37.5 Å². The Morgan fingerprint density at radius 2 is 2.00 bits per heavy atom. The van der Waals surface area contributed by atoms with Crippen molar-refractivity contribution in [3.05, 3.63) is 51.5 Å². The normalized spacial score (nSPS) is 15.9. The molecule has 9 nitrogen and oxygen atoms in total. The third kappa shape index (κ3) is 4.24. The Morgan fingerprint density at radius 3 is 2.66 bits per heavy atom. The zero-order valence-corrected chi connectivity index (χ0v) is 16.4. The van der Waals surface area contributed by atoms with Crippen LogP contribution in [0.25, 0.3) is 0 Å². The largest absolute Gasteiger partial charge is 0.497 e. The first-order valence-corrected chi connectivity index (χ1v) is 8.99. The molecule has 1 aliphatic heterocycles. The molecule has 1 heterocycles. The van der Waals surface area contributed by atoms with Crippen molar-refractivity contribution in [2.75, 3.05) is 31.0 Å². The van der Waals surface area contributed by atoms with Gasteiger partial charge in [-0.3, -0.25) is 19.7 Å². The van der Waals surface area contributed by atoms with E-state index in [9.17, 15) is 19.7 Å². The number of carbonyl (C=O) groups is 2. The first kappa shape index (κ1) is 20.4. The number of halogens is 1. The minimum atomic E-state index is -0.697. The molecule has 1 fully saturated rings. The maximum Gasteiger partial charge on any atom is 0.293 e. The van der Waals surface area contributed by atoms with E-state index >= 15 is 0 Å². The SMILES string of the molecule is COc1ccc([N+](=O)[O-])c(NC(=O)[C@H]2CC(=O)N(c3cc(Cl)ccc3OC)C2)c1. The van der Waals surface area contributed by atoms with Gasteiger partial charge >= 0.3 is 0 Å². The Bertz CT molecular complexity index is 980. The predicted molar refractivity (Wildman–Crippen MR) is 107 cm³/mol. The monoisotopic (exact) mass is 419 g/mol. The number of hydrogen-bond acceptors (Lipinski definition) is 6. The smallest absolute Gasteiger partial charge is 0.293 e. The molecule has 1 atom stereocenters. The first-order valence-electron chi connectivity index (χ1n) is 8.61. The summed E-state index contributed by atoms with van der Waals surface area (Å²) >= 11 is 6.03. The lowest BCUT2D eigenvalue weighted by Crippen LogP contribution is -2.28. The lowest BCUT2D eigenvalue weighted by Gasteiger charge is -2.20. The van der Waals surface area contributed by atoms with Gasteiger partial charge in [-0.2, -0.15) is 0 Å². The van der Waals surface area contributed by atoms with Crippen molar-refractivity contribution in [3.63, 3.8) is 0 Å². The van der Waals surface area contributed by atoms with Crippen LogP contribution in [0.5, 0.6) is 11.5 Å². The summed E-state index contributed by atoms with van der Waals surface area (Å²) in [6, 6.07) is 8.90. The molecule has 3 rings (SSSR count). The van der Waals surface area contributed by atoms with Crippen molar-refractivity contribution in [1.29, 1.82) is 0 Å². The fourth-order valence-corrected chi connectivity index (χ4v) is 3.29. The van der Waals surface area contributed by atoms with Crippen molar-refractivity contribution in [1.82, 2.24) is 0 Å². The molecule has 0 saturated carbocycles. The van der Waals surface area contributed by atoms with Crippen LogP contribution < -0.4 is 19.7 Å². The van der Waals surface area contributed by atoms with Gasteiger partial charge < -0.3 is 19.7 Å². The second kappa shape index (κ2) is 8.36. The molecule has 2 aromatic carbocycles. The van der Waals surface area contributed by atoms with E-state index in [1.54, 1.807) is 18.2 Å². The van der Waals surface area contributed by atoms with Crippen LogP contribution in [0.3, 0.4) is 0 Å². The van der Waals surface area contributed by atoms with Gasteiger partial charge in [-0.15, -0.1) is 0 Å². The highest BCUT2D eigenvalue weighted by Gasteiger charge is 2.37. The van der Waals surface area contributed by atoms with Crippen molar-refractivity contribution < 1.29 is 24.0 Å². The zero-order valence-electron chi connectivity index (χ0n) is 15.7. The van der Waals surface area contributed by atoms with Crippen molar-refractivity contribution in [3.8, 4) is 11.5 Å².